The van der Waals surface area contributed by atoms with E-state index < -0.39 is 0 Å². The predicted octanol–water partition coefficient (Wildman–Crippen LogP) is 3.80. The molecule has 0 saturated carbocycles. The normalized spacial score (nSPS) is 10.6. The van der Waals surface area contributed by atoms with Crippen molar-refractivity contribution in [3.63, 3.8) is 0 Å². The highest BCUT2D eigenvalue weighted by atomic mass is 35.5. The van der Waals surface area contributed by atoms with Crippen molar-refractivity contribution in [2.45, 2.75) is 25.1 Å². The first-order valence-electron chi connectivity index (χ1n) is 8.84. The van der Waals surface area contributed by atoms with Gasteiger partial charge in [-0.1, -0.05) is 47.6 Å². The SMILES string of the molecule is Cc1ccccc1CCNC(=O)CSc1n[nH]c(COc2ccc(Cl)cc2)n1. The maximum Gasteiger partial charge on any atom is 0.230 e. The van der Waals surface area contributed by atoms with E-state index in [0.29, 0.717) is 28.3 Å². The van der Waals surface area contributed by atoms with Gasteiger partial charge in [-0.2, -0.15) is 0 Å². The summed E-state index contributed by atoms with van der Waals surface area (Å²) in [6, 6.07) is 15.3. The first kappa shape index (κ1) is 20.2. The Labute approximate surface area is 173 Å². The summed E-state index contributed by atoms with van der Waals surface area (Å²) < 4.78 is 5.61. The first-order valence-corrected chi connectivity index (χ1v) is 10.2. The maximum absolute atomic E-state index is 12.0. The largest absolute Gasteiger partial charge is 0.486 e. The van der Waals surface area contributed by atoms with Crippen molar-refractivity contribution in [3.05, 3.63) is 70.5 Å². The number of aromatic nitrogens is 3. The van der Waals surface area contributed by atoms with Crippen LogP contribution in [-0.4, -0.2) is 33.4 Å². The monoisotopic (exact) mass is 416 g/mol. The van der Waals surface area contributed by atoms with Crippen LogP contribution in [0.25, 0.3) is 0 Å². The Balaban J connectivity index is 1.37. The summed E-state index contributed by atoms with van der Waals surface area (Å²) in [6.07, 6.45) is 0.815. The van der Waals surface area contributed by atoms with E-state index in [2.05, 4.69) is 39.6 Å². The molecule has 1 heterocycles. The molecule has 3 rings (SSSR count). The second kappa shape index (κ2) is 10.1. The Morgan fingerprint density at radius 2 is 2.00 bits per heavy atom. The van der Waals surface area contributed by atoms with Gasteiger partial charge in [0.05, 0.1) is 5.75 Å². The standard InChI is InChI=1S/C20H21ClN4O2S/c1-14-4-2-3-5-15(14)10-11-22-19(26)13-28-20-23-18(24-25-20)12-27-17-8-6-16(21)7-9-17/h2-9H,10-13H2,1H3,(H,22,26)(H,23,24,25). The summed E-state index contributed by atoms with van der Waals surface area (Å²) >= 11 is 7.13. The van der Waals surface area contributed by atoms with Gasteiger partial charge in [0, 0.05) is 11.6 Å². The highest BCUT2D eigenvalue weighted by Crippen LogP contribution is 2.17. The number of halogens is 1. The molecule has 1 aromatic heterocycles. The number of hydrogen-bond acceptors (Lipinski definition) is 5. The fourth-order valence-corrected chi connectivity index (χ4v) is 3.27. The Morgan fingerprint density at radius 3 is 2.79 bits per heavy atom. The molecule has 0 radical (unpaired) electrons. The number of H-pyrrole nitrogens is 1. The van der Waals surface area contributed by atoms with Gasteiger partial charge in [-0.25, -0.2) is 4.98 Å². The van der Waals surface area contributed by atoms with E-state index in [-0.39, 0.29) is 18.3 Å². The molecule has 0 saturated heterocycles. The van der Waals surface area contributed by atoms with Crippen molar-refractivity contribution < 1.29 is 9.53 Å². The third-order valence-corrected chi connectivity index (χ3v) is 5.11. The van der Waals surface area contributed by atoms with Crippen LogP contribution in [-0.2, 0) is 17.8 Å². The molecule has 146 valence electrons. The Hall–Kier alpha value is -2.51. The van der Waals surface area contributed by atoms with Crippen LogP contribution in [0.4, 0.5) is 0 Å². The van der Waals surface area contributed by atoms with Crippen LogP contribution >= 0.6 is 23.4 Å². The van der Waals surface area contributed by atoms with Gasteiger partial charge in [0.1, 0.15) is 12.4 Å². The summed E-state index contributed by atoms with van der Waals surface area (Å²) in [6.45, 7) is 2.95. The number of rotatable bonds is 9. The van der Waals surface area contributed by atoms with Crippen LogP contribution in [0, 0.1) is 6.92 Å². The van der Waals surface area contributed by atoms with E-state index in [1.165, 1.54) is 22.9 Å². The minimum Gasteiger partial charge on any atom is -0.486 e. The molecule has 0 bridgehead atoms. The molecule has 0 fully saturated rings. The fraction of sp³-hybridized carbons (Fsp3) is 0.250. The number of nitrogens with one attached hydrogen (secondary N) is 2. The maximum atomic E-state index is 12.0. The Morgan fingerprint density at radius 1 is 1.21 bits per heavy atom. The number of ether oxygens (including phenoxy) is 1. The number of aromatic amines is 1. The fourth-order valence-electron chi connectivity index (χ4n) is 2.50. The van der Waals surface area contributed by atoms with Crippen molar-refractivity contribution >= 4 is 29.3 Å². The molecule has 0 aliphatic heterocycles. The summed E-state index contributed by atoms with van der Waals surface area (Å²) in [5, 5.41) is 11.0. The number of amides is 1. The number of aryl methyl sites for hydroxylation is 1. The van der Waals surface area contributed by atoms with Crippen LogP contribution in [0.5, 0.6) is 5.75 Å². The van der Waals surface area contributed by atoms with Gasteiger partial charge < -0.3 is 10.1 Å². The Bertz CT molecular complexity index is 915. The van der Waals surface area contributed by atoms with Gasteiger partial charge in [-0.15, -0.1) is 5.10 Å². The van der Waals surface area contributed by atoms with Gasteiger partial charge in [0.15, 0.2) is 5.82 Å². The molecule has 28 heavy (non-hydrogen) atoms. The van der Waals surface area contributed by atoms with Crippen LogP contribution in [0.15, 0.2) is 53.7 Å². The zero-order chi connectivity index (χ0) is 19.8. The van der Waals surface area contributed by atoms with Crippen molar-refractivity contribution in [2.75, 3.05) is 12.3 Å². The lowest BCUT2D eigenvalue weighted by atomic mass is 10.1. The lowest BCUT2D eigenvalue weighted by Gasteiger charge is -2.06. The molecule has 0 atom stereocenters. The average Bonchev–Trinajstić information content (AvgIpc) is 3.15. The molecule has 6 nitrogen and oxygen atoms in total. The molecule has 0 aliphatic carbocycles. The van der Waals surface area contributed by atoms with E-state index in [0.717, 1.165) is 6.42 Å². The average molecular weight is 417 g/mol. The van der Waals surface area contributed by atoms with Gasteiger partial charge in [-0.05, 0) is 48.7 Å². The highest BCUT2D eigenvalue weighted by Gasteiger charge is 2.08. The van der Waals surface area contributed by atoms with E-state index in [9.17, 15) is 4.79 Å². The second-order valence-electron chi connectivity index (χ2n) is 6.12. The van der Waals surface area contributed by atoms with Gasteiger partial charge in [0.2, 0.25) is 11.1 Å². The predicted molar refractivity (Wildman–Crippen MR) is 111 cm³/mol. The minimum absolute atomic E-state index is 0.0395. The van der Waals surface area contributed by atoms with E-state index >= 15 is 0 Å². The number of thioether (sulfide) groups is 1. The molecule has 0 spiro atoms. The van der Waals surface area contributed by atoms with Crippen molar-refractivity contribution in [1.29, 1.82) is 0 Å². The smallest absolute Gasteiger partial charge is 0.230 e. The van der Waals surface area contributed by atoms with E-state index in [1.54, 1.807) is 24.3 Å². The summed E-state index contributed by atoms with van der Waals surface area (Å²) in [5.74, 6) is 1.52. The minimum atomic E-state index is -0.0395. The van der Waals surface area contributed by atoms with Gasteiger partial charge in [-0.3, -0.25) is 9.89 Å². The van der Waals surface area contributed by atoms with Crippen molar-refractivity contribution in [3.8, 4) is 5.75 Å². The molecule has 2 aromatic carbocycles. The van der Waals surface area contributed by atoms with Crippen LogP contribution in [0.3, 0.4) is 0 Å². The lowest BCUT2D eigenvalue weighted by Crippen LogP contribution is -2.27. The molecular formula is C20H21ClN4O2S. The number of hydrogen-bond donors (Lipinski definition) is 2. The number of carbonyl (C=O) groups excluding carboxylic acids is 1. The van der Waals surface area contributed by atoms with Crippen molar-refractivity contribution in [2.24, 2.45) is 0 Å². The summed E-state index contributed by atoms with van der Waals surface area (Å²) in [7, 11) is 0. The van der Waals surface area contributed by atoms with Crippen LogP contribution in [0.2, 0.25) is 5.02 Å². The lowest BCUT2D eigenvalue weighted by molar-refractivity contribution is -0.118. The Kier molecular flexibility index (Phi) is 7.33. The van der Waals surface area contributed by atoms with Gasteiger partial charge >= 0.3 is 0 Å². The second-order valence-corrected chi connectivity index (χ2v) is 7.50. The molecule has 0 unspecified atom stereocenters. The summed E-state index contributed by atoms with van der Waals surface area (Å²) in [4.78, 5) is 16.3. The quantitative estimate of drug-likeness (QED) is 0.518. The van der Waals surface area contributed by atoms with Crippen molar-refractivity contribution in [1.82, 2.24) is 20.5 Å². The van der Waals surface area contributed by atoms with Crippen LogP contribution in [0.1, 0.15) is 17.0 Å². The molecule has 8 heteroatoms. The van der Waals surface area contributed by atoms with Crippen LogP contribution < -0.4 is 10.1 Å². The number of carbonyl (C=O) groups is 1. The first-order chi connectivity index (χ1) is 13.6. The summed E-state index contributed by atoms with van der Waals surface area (Å²) in [5.41, 5.74) is 2.48. The molecule has 1 amide bonds. The molecule has 2 N–H and O–H groups in total. The number of nitrogens with zero attached hydrogens (tertiary/aromatic N) is 2. The zero-order valence-corrected chi connectivity index (χ0v) is 17.0. The topological polar surface area (TPSA) is 79.9 Å². The highest BCUT2D eigenvalue weighted by molar-refractivity contribution is 7.99. The molecule has 0 aliphatic rings. The zero-order valence-electron chi connectivity index (χ0n) is 15.4. The molecule has 3 aromatic rings. The van der Waals surface area contributed by atoms with E-state index in [1.807, 2.05) is 12.1 Å². The van der Waals surface area contributed by atoms with Gasteiger partial charge in [0.25, 0.3) is 0 Å². The third-order valence-electron chi connectivity index (χ3n) is 4.01. The molecular weight excluding hydrogens is 396 g/mol. The van der Waals surface area contributed by atoms with E-state index in [4.69, 9.17) is 16.3 Å². The number of benzene rings is 2. The third kappa shape index (κ3) is 6.28.